The maximum Gasteiger partial charge on any atom is 0.251 e. The van der Waals surface area contributed by atoms with Crippen molar-refractivity contribution in [1.82, 2.24) is 9.89 Å². The Labute approximate surface area is 252 Å². The quantitative estimate of drug-likeness (QED) is 0.281. The van der Waals surface area contributed by atoms with Crippen LogP contribution in [-0.2, 0) is 35.2 Å². The van der Waals surface area contributed by atoms with Crippen molar-refractivity contribution in [2.24, 2.45) is 0 Å². The van der Waals surface area contributed by atoms with Crippen molar-refractivity contribution in [1.29, 1.82) is 0 Å². The average Bonchev–Trinajstić information content (AvgIpc) is 3.05. The number of fused-ring (bicyclic) bond motifs is 4. The molecule has 0 saturated heterocycles. The highest BCUT2D eigenvalue weighted by atomic mass is 16.7. The summed E-state index contributed by atoms with van der Waals surface area (Å²) in [5.74, 6) is 1.98. The van der Waals surface area contributed by atoms with Crippen LogP contribution in [0.2, 0.25) is 0 Å². The number of hydrogen-bond donors (Lipinski definition) is 1. The number of anilines is 1. The van der Waals surface area contributed by atoms with Crippen LogP contribution in [0.1, 0.15) is 69.4 Å². The maximum absolute atomic E-state index is 13.0. The monoisotopic (exact) mass is 578 g/mol. The molecule has 7 heteroatoms. The van der Waals surface area contributed by atoms with Crippen LogP contribution in [-0.4, -0.2) is 59.1 Å². The van der Waals surface area contributed by atoms with Crippen LogP contribution in [0.25, 0.3) is 5.57 Å². The van der Waals surface area contributed by atoms with Gasteiger partial charge in [0.15, 0.2) is 6.29 Å². The molecule has 8 rings (SSSR count). The van der Waals surface area contributed by atoms with E-state index in [1.165, 1.54) is 62.5 Å². The Morgan fingerprint density at radius 3 is 2.42 bits per heavy atom. The minimum absolute atomic E-state index is 0.138. The van der Waals surface area contributed by atoms with Crippen LogP contribution >= 0.6 is 0 Å². The van der Waals surface area contributed by atoms with Crippen molar-refractivity contribution in [3.05, 3.63) is 85.9 Å². The summed E-state index contributed by atoms with van der Waals surface area (Å²) in [6.07, 6.45) is 8.58. The van der Waals surface area contributed by atoms with Crippen molar-refractivity contribution in [2.45, 2.75) is 57.7 Å². The van der Waals surface area contributed by atoms with Gasteiger partial charge in [-0.1, -0.05) is 12.1 Å². The highest BCUT2D eigenvalue weighted by Gasteiger charge is 2.35. The molecule has 3 aromatic rings. The molecule has 0 atom stereocenters. The van der Waals surface area contributed by atoms with Gasteiger partial charge >= 0.3 is 0 Å². The van der Waals surface area contributed by atoms with Gasteiger partial charge in [-0.2, -0.15) is 0 Å². The van der Waals surface area contributed by atoms with E-state index in [9.17, 15) is 4.79 Å². The van der Waals surface area contributed by atoms with Crippen molar-refractivity contribution in [2.75, 3.05) is 51.8 Å². The number of methoxy groups -OCH3 is 2. The minimum Gasteiger partial charge on any atom is -0.455 e. The molecule has 1 amide bonds. The van der Waals surface area contributed by atoms with Gasteiger partial charge in [-0.15, -0.1) is 0 Å². The second kappa shape index (κ2) is 10.8. The summed E-state index contributed by atoms with van der Waals surface area (Å²) in [5.41, 5.74) is 11.3. The van der Waals surface area contributed by atoms with Crippen LogP contribution in [0.3, 0.4) is 0 Å². The summed E-state index contributed by atoms with van der Waals surface area (Å²) in [6.45, 7) is 4.84. The third-order valence-corrected chi connectivity index (χ3v) is 10.1. The smallest absolute Gasteiger partial charge is 0.251 e. The summed E-state index contributed by atoms with van der Waals surface area (Å²) in [6, 6.07) is 13.0. The molecule has 7 nitrogen and oxygen atoms in total. The molecule has 5 aliphatic rings. The van der Waals surface area contributed by atoms with Gasteiger partial charge in [0.25, 0.3) is 5.91 Å². The number of amides is 1. The molecule has 1 N–H and O–H groups in total. The van der Waals surface area contributed by atoms with E-state index in [1.54, 1.807) is 14.2 Å². The summed E-state index contributed by atoms with van der Waals surface area (Å²) >= 11 is 0. The first kappa shape index (κ1) is 26.9. The van der Waals surface area contributed by atoms with Crippen molar-refractivity contribution >= 4 is 17.2 Å². The molecule has 0 fully saturated rings. The predicted octanol–water partition coefficient (Wildman–Crippen LogP) is 3.47. The SMILES string of the molecule is COC(CNC(=O)c1ccc(C2=c3cc4c5c(c3Oc3c2cc2c6c3CCCN6CCC2)CCC[N+]=5CCC4)cc1)OC. The zero-order chi connectivity index (χ0) is 29.1. The molecule has 3 aromatic carbocycles. The van der Waals surface area contributed by atoms with E-state index < -0.39 is 6.29 Å². The second-order valence-electron chi connectivity index (χ2n) is 12.5. The summed E-state index contributed by atoms with van der Waals surface area (Å²) in [7, 11) is 3.14. The van der Waals surface area contributed by atoms with E-state index in [2.05, 4.69) is 39.1 Å². The summed E-state index contributed by atoms with van der Waals surface area (Å²) < 4.78 is 20.2. The average molecular weight is 579 g/mol. The Hall–Kier alpha value is -3.68. The van der Waals surface area contributed by atoms with Crippen molar-refractivity contribution in [3.8, 4) is 11.5 Å². The lowest BCUT2D eigenvalue weighted by Gasteiger charge is -2.39. The fraction of sp³-hybridized carbons (Fsp3) is 0.444. The van der Waals surface area contributed by atoms with Crippen LogP contribution < -0.4 is 30.1 Å². The Bertz CT molecular complexity index is 1750. The molecule has 5 heterocycles. The van der Waals surface area contributed by atoms with E-state index in [0.717, 1.165) is 81.8 Å². The Morgan fingerprint density at radius 2 is 1.63 bits per heavy atom. The van der Waals surface area contributed by atoms with Gasteiger partial charge in [0.05, 0.1) is 12.1 Å². The first-order valence-corrected chi connectivity index (χ1v) is 16.0. The van der Waals surface area contributed by atoms with Gasteiger partial charge in [-0.05, 0) is 73.9 Å². The lowest BCUT2D eigenvalue weighted by atomic mass is 9.82. The minimum atomic E-state index is -0.472. The van der Waals surface area contributed by atoms with Gasteiger partial charge in [-0.25, -0.2) is 4.58 Å². The number of ether oxygens (including phenoxy) is 3. The third-order valence-electron chi connectivity index (χ3n) is 10.1. The maximum atomic E-state index is 13.0. The standard InChI is InChI=1S/C36H39N3O4/c1-41-30(42-2)21-37-36(40)23-13-11-22(12-14-23)31-28-19-24-7-3-15-38-17-5-9-26(32(24)38)34(28)43-35-27-10-6-18-39-16-4-8-25(33(27)39)20-29(31)35/h11-14,19-20,30H,3-10,15-18,21H2,1-2H3/p+1. The zero-order valence-corrected chi connectivity index (χ0v) is 25.3. The largest absolute Gasteiger partial charge is 0.455 e. The first-order valence-electron chi connectivity index (χ1n) is 16.0. The van der Waals surface area contributed by atoms with Gasteiger partial charge < -0.3 is 24.4 Å². The molecule has 0 saturated carbocycles. The Morgan fingerprint density at radius 1 is 0.907 bits per heavy atom. The number of aryl methyl sites for hydroxylation is 2. The molecular weight excluding hydrogens is 538 g/mol. The number of rotatable bonds is 6. The fourth-order valence-electron chi connectivity index (χ4n) is 8.15. The van der Waals surface area contributed by atoms with Gasteiger partial charge in [0.2, 0.25) is 5.36 Å². The molecule has 0 aromatic heterocycles. The molecule has 0 bridgehead atoms. The number of nitrogens with one attached hydrogen (secondary N) is 1. The van der Waals surface area contributed by atoms with Gasteiger partial charge in [-0.3, -0.25) is 4.79 Å². The molecule has 222 valence electrons. The van der Waals surface area contributed by atoms with Crippen molar-refractivity contribution in [3.63, 3.8) is 0 Å². The summed E-state index contributed by atoms with van der Waals surface area (Å²) in [5, 5.41) is 5.57. The van der Waals surface area contributed by atoms with Gasteiger partial charge in [0, 0.05) is 78.9 Å². The second-order valence-corrected chi connectivity index (χ2v) is 12.5. The predicted molar refractivity (Wildman–Crippen MR) is 167 cm³/mol. The molecular formula is C36H40N3O4+. The van der Waals surface area contributed by atoms with Crippen LogP contribution in [0, 0.1) is 0 Å². The topological polar surface area (TPSA) is 63.0 Å². The van der Waals surface area contributed by atoms with E-state index in [4.69, 9.17) is 14.2 Å². The molecule has 0 radical (unpaired) electrons. The van der Waals surface area contributed by atoms with E-state index >= 15 is 0 Å². The van der Waals surface area contributed by atoms with Gasteiger partial charge in [0.1, 0.15) is 24.6 Å². The van der Waals surface area contributed by atoms with Crippen LogP contribution in [0.15, 0.2) is 36.4 Å². The molecule has 0 unspecified atom stereocenters. The first-order chi connectivity index (χ1) is 21.1. The highest BCUT2D eigenvalue weighted by Crippen LogP contribution is 2.48. The number of hydrogen-bond acceptors (Lipinski definition) is 5. The van der Waals surface area contributed by atoms with Crippen LogP contribution in [0.5, 0.6) is 11.5 Å². The fourth-order valence-corrected chi connectivity index (χ4v) is 8.15. The van der Waals surface area contributed by atoms with Crippen LogP contribution in [0.4, 0.5) is 5.69 Å². The van der Waals surface area contributed by atoms with E-state index in [0.29, 0.717) is 12.1 Å². The third kappa shape index (κ3) is 4.39. The number of carbonyl (C=O) groups is 1. The van der Waals surface area contributed by atoms with Crippen molar-refractivity contribution < 1.29 is 19.0 Å². The normalized spacial score (nSPS) is 18.0. The Balaban J connectivity index is 1.32. The molecule has 0 spiro atoms. The van der Waals surface area contributed by atoms with E-state index in [-0.39, 0.29) is 5.91 Å². The number of nitrogens with zero attached hydrogens (tertiary/aromatic N) is 2. The lowest BCUT2D eigenvalue weighted by Crippen LogP contribution is -2.45. The highest BCUT2D eigenvalue weighted by molar-refractivity contribution is 5.95. The summed E-state index contributed by atoms with van der Waals surface area (Å²) in [4.78, 5) is 15.6. The number of benzene rings is 3. The molecule has 43 heavy (non-hydrogen) atoms. The zero-order valence-electron chi connectivity index (χ0n) is 25.3. The number of carbonyl (C=O) groups excluding carboxylic acids is 1. The molecule has 0 aliphatic carbocycles. The lowest BCUT2D eigenvalue weighted by molar-refractivity contribution is -0.0974. The van der Waals surface area contributed by atoms with E-state index in [1.807, 2.05) is 12.1 Å². The Kier molecular flexibility index (Phi) is 6.75. The molecule has 5 aliphatic heterocycles.